The number of hydrogen-bond acceptors (Lipinski definition) is 6. The predicted octanol–water partition coefficient (Wildman–Crippen LogP) is 1.34. The zero-order chi connectivity index (χ0) is 16.8. The average Bonchev–Trinajstić information content (AvgIpc) is 3.18. The molecule has 2 saturated heterocycles. The van der Waals surface area contributed by atoms with Crippen molar-refractivity contribution in [2.45, 2.75) is 32.4 Å². The van der Waals surface area contributed by atoms with Crippen molar-refractivity contribution in [3.63, 3.8) is 0 Å². The SMILES string of the molecule is CCOC(=O)[C@]1(C)N[C@@H](c2cccs2)[C@H]2C(=O)N(CC)C(=O)[C@@H]21. The molecule has 3 rings (SSSR count). The van der Waals surface area contributed by atoms with E-state index in [1.807, 2.05) is 17.5 Å². The van der Waals surface area contributed by atoms with Crippen LogP contribution in [0.1, 0.15) is 31.7 Å². The third-order valence-corrected chi connectivity index (χ3v) is 5.70. The summed E-state index contributed by atoms with van der Waals surface area (Å²) in [4.78, 5) is 40.2. The van der Waals surface area contributed by atoms with Gasteiger partial charge in [-0.1, -0.05) is 6.07 Å². The Labute approximate surface area is 138 Å². The molecule has 1 aromatic rings. The van der Waals surface area contributed by atoms with Gasteiger partial charge in [0.15, 0.2) is 0 Å². The van der Waals surface area contributed by atoms with Gasteiger partial charge in [0.25, 0.3) is 0 Å². The minimum atomic E-state index is -1.19. The fraction of sp³-hybridized carbons (Fsp3) is 0.562. The molecule has 2 aliphatic heterocycles. The Morgan fingerprint density at radius 2 is 2.13 bits per heavy atom. The van der Waals surface area contributed by atoms with Crippen LogP contribution in [-0.4, -0.2) is 41.4 Å². The van der Waals surface area contributed by atoms with Crippen LogP contribution in [-0.2, 0) is 19.1 Å². The third-order valence-electron chi connectivity index (χ3n) is 4.74. The van der Waals surface area contributed by atoms with Gasteiger partial charge in [0.2, 0.25) is 11.8 Å². The second-order valence-corrected chi connectivity index (χ2v) is 6.96. The van der Waals surface area contributed by atoms with Gasteiger partial charge in [0.1, 0.15) is 5.54 Å². The molecule has 0 bridgehead atoms. The first kappa shape index (κ1) is 16.1. The summed E-state index contributed by atoms with van der Waals surface area (Å²) in [6.45, 7) is 5.72. The lowest BCUT2D eigenvalue weighted by Crippen LogP contribution is -2.54. The highest BCUT2D eigenvalue weighted by Gasteiger charge is 2.66. The Hall–Kier alpha value is -1.73. The largest absolute Gasteiger partial charge is 0.465 e. The molecule has 0 saturated carbocycles. The maximum atomic E-state index is 12.7. The van der Waals surface area contributed by atoms with Gasteiger partial charge in [-0.15, -0.1) is 11.3 Å². The van der Waals surface area contributed by atoms with Crippen molar-refractivity contribution < 1.29 is 19.1 Å². The number of amides is 2. The fourth-order valence-corrected chi connectivity index (χ4v) is 4.51. The molecular weight excluding hydrogens is 316 g/mol. The monoisotopic (exact) mass is 336 g/mol. The molecule has 23 heavy (non-hydrogen) atoms. The van der Waals surface area contributed by atoms with Gasteiger partial charge >= 0.3 is 5.97 Å². The van der Waals surface area contributed by atoms with Crippen LogP contribution in [0.5, 0.6) is 0 Å². The molecule has 0 spiro atoms. The quantitative estimate of drug-likeness (QED) is 0.663. The van der Waals surface area contributed by atoms with Crippen LogP contribution >= 0.6 is 11.3 Å². The molecule has 0 aliphatic carbocycles. The number of thiophene rings is 1. The fourth-order valence-electron chi connectivity index (χ4n) is 3.69. The molecule has 2 fully saturated rings. The Morgan fingerprint density at radius 1 is 1.39 bits per heavy atom. The van der Waals surface area contributed by atoms with E-state index in [9.17, 15) is 14.4 Å². The summed E-state index contributed by atoms with van der Waals surface area (Å²) in [5.74, 6) is -2.25. The molecule has 4 atom stereocenters. The van der Waals surface area contributed by atoms with Crippen molar-refractivity contribution in [1.29, 1.82) is 0 Å². The second-order valence-electron chi connectivity index (χ2n) is 5.98. The van der Waals surface area contributed by atoms with Gasteiger partial charge in [-0.3, -0.25) is 24.6 Å². The summed E-state index contributed by atoms with van der Waals surface area (Å²) < 4.78 is 5.18. The van der Waals surface area contributed by atoms with E-state index < -0.39 is 23.3 Å². The van der Waals surface area contributed by atoms with Gasteiger partial charge in [0.05, 0.1) is 24.5 Å². The van der Waals surface area contributed by atoms with E-state index in [-0.39, 0.29) is 24.5 Å². The van der Waals surface area contributed by atoms with Crippen LogP contribution in [0.4, 0.5) is 0 Å². The first-order valence-corrected chi connectivity index (χ1v) is 8.67. The number of carbonyl (C=O) groups excluding carboxylic acids is 3. The zero-order valence-electron chi connectivity index (χ0n) is 13.4. The minimum absolute atomic E-state index is 0.207. The summed E-state index contributed by atoms with van der Waals surface area (Å²) in [5, 5.41) is 5.15. The Bertz CT molecular complexity index is 645. The normalized spacial score (nSPS) is 33.2. The van der Waals surface area contributed by atoms with Gasteiger partial charge in [0, 0.05) is 11.4 Å². The van der Waals surface area contributed by atoms with Crippen LogP contribution in [0.3, 0.4) is 0 Å². The molecule has 6 nitrogen and oxygen atoms in total. The van der Waals surface area contributed by atoms with E-state index in [0.29, 0.717) is 6.54 Å². The van der Waals surface area contributed by atoms with E-state index in [1.165, 1.54) is 16.2 Å². The lowest BCUT2D eigenvalue weighted by molar-refractivity contribution is -0.155. The summed E-state index contributed by atoms with van der Waals surface area (Å²) in [5.41, 5.74) is -1.19. The summed E-state index contributed by atoms with van der Waals surface area (Å²) in [6, 6.07) is 3.47. The van der Waals surface area contributed by atoms with Crippen molar-refractivity contribution >= 4 is 29.1 Å². The number of nitrogens with one attached hydrogen (secondary N) is 1. The summed E-state index contributed by atoms with van der Waals surface area (Å²) in [7, 11) is 0. The van der Waals surface area contributed by atoms with Crippen LogP contribution in [0.2, 0.25) is 0 Å². The maximum Gasteiger partial charge on any atom is 0.326 e. The topological polar surface area (TPSA) is 75.7 Å². The number of hydrogen-bond donors (Lipinski definition) is 1. The standard InChI is InChI=1S/C16H20N2O4S/c1-4-18-13(19)10-11(14(18)20)16(3,15(21)22-5-2)17-12(10)9-7-6-8-23-9/h6-8,10-12,17H,4-5H2,1-3H3/t10-,11+,12-,16+/m0/s1. The van der Waals surface area contributed by atoms with Crippen molar-refractivity contribution in [2.24, 2.45) is 11.8 Å². The zero-order valence-corrected chi connectivity index (χ0v) is 14.2. The first-order valence-electron chi connectivity index (χ1n) is 7.79. The van der Waals surface area contributed by atoms with Crippen LogP contribution in [0.25, 0.3) is 0 Å². The number of nitrogens with zero attached hydrogens (tertiary/aromatic N) is 1. The second kappa shape index (κ2) is 5.72. The van der Waals surface area contributed by atoms with Crippen molar-refractivity contribution in [3.8, 4) is 0 Å². The molecule has 0 aromatic carbocycles. The molecule has 2 amide bonds. The number of carbonyl (C=O) groups is 3. The lowest BCUT2D eigenvalue weighted by atomic mass is 9.81. The molecule has 7 heteroatoms. The van der Waals surface area contributed by atoms with Crippen molar-refractivity contribution in [2.75, 3.05) is 13.2 Å². The van der Waals surface area contributed by atoms with Crippen LogP contribution < -0.4 is 5.32 Å². The van der Waals surface area contributed by atoms with Crippen LogP contribution in [0.15, 0.2) is 17.5 Å². The molecule has 0 unspecified atom stereocenters. The molecule has 0 radical (unpaired) electrons. The van der Waals surface area contributed by atoms with E-state index in [0.717, 1.165) is 4.88 Å². The number of rotatable bonds is 4. The van der Waals surface area contributed by atoms with E-state index in [1.54, 1.807) is 20.8 Å². The van der Waals surface area contributed by atoms with E-state index >= 15 is 0 Å². The Kier molecular flexibility index (Phi) is 4.01. The lowest BCUT2D eigenvalue weighted by Gasteiger charge is -2.28. The predicted molar refractivity (Wildman–Crippen MR) is 84.6 cm³/mol. The molecule has 1 N–H and O–H groups in total. The Morgan fingerprint density at radius 3 is 2.70 bits per heavy atom. The average molecular weight is 336 g/mol. The highest BCUT2D eigenvalue weighted by molar-refractivity contribution is 7.10. The van der Waals surface area contributed by atoms with Crippen LogP contribution in [0, 0.1) is 11.8 Å². The van der Waals surface area contributed by atoms with Crippen molar-refractivity contribution in [1.82, 2.24) is 10.2 Å². The number of likely N-dealkylation sites (tertiary alicyclic amines) is 1. The number of ether oxygens (including phenoxy) is 1. The van der Waals surface area contributed by atoms with E-state index in [4.69, 9.17) is 4.74 Å². The number of imide groups is 1. The molecule has 124 valence electrons. The highest BCUT2D eigenvalue weighted by Crippen LogP contribution is 2.49. The van der Waals surface area contributed by atoms with Gasteiger partial charge in [-0.25, -0.2) is 0 Å². The molecular formula is C16H20N2O4S. The smallest absolute Gasteiger partial charge is 0.326 e. The Balaban J connectivity index is 2.06. The molecule has 2 aliphatic rings. The van der Waals surface area contributed by atoms with Gasteiger partial charge in [-0.2, -0.15) is 0 Å². The maximum absolute atomic E-state index is 12.7. The first-order chi connectivity index (χ1) is 11.0. The van der Waals surface area contributed by atoms with E-state index in [2.05, 4.69) is 5.32 Å². The molecule has 1 aromatic heterocycles. The minimum Gasteiger partial charge on any atom is -0.465 e. The van der Waals surface area contributed by atoms with Gasteiger partial charge in [-0.05, 0) is 32.2 Å². The van der Waals surface area contributed by atoms with Crippen molar-refractivity contribution in [3.05, 3.63) is 22.4 Å². The number of esters is 1. The number of fused-ring (bicyclic) bond motifs is 1. The van der Waals surface area contributed by atoms with Gasteiger partial charge < -0.3 is 4.74 Å². The molecule has 3 heterocycles. The summed E-state index contributed by atoms with van der Waals surface area (Å²) in [6.07, 6.45) is 0. The summed E-state index contributed by atoms with van der Waals surface area (Å²) >= 11 is 1.51. The highest BCUT2D eigenvalue weighted by atomic mass is 32.1. The third kappa shape index (κ3) is 2.21.